The fraction of sp³-hybridized carbons (Fsp3) is 0.250. The normalized spacial score (nSPS) is 12.5. The monoisotopic (exact) mass is 430 g/mol. The second-order valence-corrected chi connectivity index (χ2v) is 8.77. The first kappa shape index (κ1) is 21.5. The van der Waals surface area contributed by atoms with Crippen LogP contribution in [0.3, 0.4) is 0 Å². The summed E-state index contributed by atoms with van der Waals surface area (Å²) >= 11 is 0. The minimum Gasteiger partial charge on any atom is -0.389 e. The van der Waals surface area contributed by atoms with Crippen molar-refractivity contribution in [1.29, 1.82) is 0 Å². The molecule has 0 aliphatic rings. The summed E-state index contributed by atoms with van der Waals surface area (Å²) in [4.78, 5) is 14.7. The minimum absolute atomic E-state index is 0.0330. The summed E-state index contributed by atoms with van der Waals surface area (Å²) in [6.07, 6.45) is 2.20. The highest BCUT2D eigenvalue weighted by atomic mass is 32.2. The average molecular weight is 430 g/mol. The molecule has 0 aliphatic heterocycles. The molecule has 1 atom stereocenters. The van der Waals surface area contributed by atoms with Gasteiger partial charge in [-0.05, 0) is 32.0 Å². The van der Waals surface area contributed by atoms with Crippen molar-refractivity contribution in [2.75, 3.05) is 10.8 Å². The second-order valence-electron chi connectivity index (χ2n) is 6.91. The number of hydrogen-bond donors (Lipinski definition) is 1. The van der Waals surface area contributed by atoms with Gasteiger partial charge in [-0.3, -0.25) is 14.4 Å². The number of aliphatic hydroxyl groups excluding tert-OH is 1. The van der Waals surface area contributed by atoms with Crippen LogP contribution in [-0.4, -0.2) is 40.6 Å². The first-order valence-corrected chi connectivity index (χ1v) is 10.6. The third-order valence-corrected chi connectivity index (χ3v) is 6.45. The molecule has 3 aromatic rings. The van der Waals surface area contributed by atoms with E-state index in [1.807, 2.05) is 6.92 Å². The number of anilines is 1. The molecule has 0 bridgehead atoms. The fourth-order valence-corrected chi connectivity index (χ4v) is 4.51. The van der Waals surface area contributed by atoms with Crippen molar-refractivity contribution in [2.24, 2.45) is 0 Å². The van der Waals surface area contributed by atoms with Crippen LogP contribution in [0, 0.1) is 24.0 Å². The summed E-state index contributed by atoms with van der Waals surface area (Å²) in [6, 6.07) is 11.6. The van der Waals surface area contributed by atoms with E-state index in [1.165, 1.54) is 36.4 Å². The molecule has 0 saturated carbocycles. The van der Waals surface area contributed by atoms with E-state index in [9.17, 15) is 23.6 Å². The Morgan fingerprint density at radius 3 is 2.50 bits per heavy atom. The summed E-state index contributed by atoms with van der Waals surface area (Å²) < 4.78 is 29.4. The maximum Gasteiger partial charge on any atom is 0.271 e. The maximum atomic E-state index is 13.4. The first-order valence-electron chi connectivity index (χ1n) is 9.18. The Morgan fingerprint density at radius 1 is 1.20 bits per heavy atom. The highest BCUT2D eigenvalue weighted by molar-refractivity contribution is 7.92. The van der Waals surface area contributed by atoms with Gasteiger partial charge in [-0.2, -0.15) is 0 Å². The van der Waals surface area contributed by atoms with Gasteiger partial charge in [-0.1, -0.05) is 23.8 Å². The molecular formula is C20H22N4O5S. The molecule has 9 nitrogen and oxygen atoms in total. The zero-order valence-electron chi connectivity index (χ0n) is 16.5. The largest absolute Gasteiger partial charge is 0.389 e. The van der Waals surface area contributed by atoms with Crippen molar-refractivity contribution in [3.8, 4) is 0 Å². The summed E-state index contributed by atoms with van der Waals surface area (Å²) in [6.45, 7) is 3.45. The van der Waals surface area contributed by atoms with Crippen LogP contribution in [0.5, 0.6) is 0 Å². The van der Waals surface area contributed by atoms with Crippen LogP contribution >= 0.6 is 0 Å². The maximum absolute atomic E-state index is 13.4. The molecule has 0 fully saturated rings. The number of hydrogen-bond acceptors (Lipinski definition) is 6. The van der Waals surface area contributed by atoms with Crippen molar-refractivity contribution in [3.63, 3.8) is 0 Å². The van der Waals surface area contributed by atoms with Gasteiger partial charge in [0.05, 0.1) is 34.7 Å². The lowest BCUT2D eigenvalue weighted by Crippen LogP contribution is -2.39. The quantitative estimate of drug-likeness (QED) is 0.433. The molecular weight excluding hydrogens is 408 g/mol. The van der Waals surface area contributed by atoms with Crippen LogP contribution in [0.2, 0.25) is 0 Å². The molecule has 2 aromatic carbocycles. The van der Waals surface area contributed by atoms with Gasteiger partial charge in [-0.15, -0.1) is 0 Å². The molecule has 1 heterocycles. The molecule has 1 N–H and O–H groups in total. The molecule has 0 spiro atoms. The van der Waals surface area contributed by atoms with E-state index in [4.69, 9.17) is 0 Å². The Bertz CT molecular complexity index is 1140. The van der Waals surface area contributed by atoms with Crippen molar-refractivity contribution in [3.05, 3.63) is 82.4 Å². The molecule has 0 aliphatic carbocycles. The number of rotatable bonds is 8. The Kier molecular flexibility index (Phi) is 6.18. The predicted molar refractivity (Wildman–Crippen MR) is 112 cm³/mol. The summed E-state index contributed by atoms with van der Waals surface area (Å²) in [5, 5.41) is 21.8. The first-order chi connectivity index (χ1) is 14.2. The third kappa shape index (κ3) is 4.66. The molecule has 158 valence electrons. The Hall–Kier alpha value is -3.24. The van der Waals surface area contributed by atoms with Gasteiger partial charge in [-0.25, -0.2) is 13.4 Å². The number of aliphatic hydroxyl groups is 1. The minimum atomic E-state index is -4.07. The number of nitrogens with zero attached hydrogens (tertiary/aromatic N) is 4. The lowest BCUT2D eigenvalue weighted by molar-refractivity contribution is -0.384. The highest BCUT2D eigenvalue weighted by Gasteiger charge is 2.28. The van der Waals surface area contributed by atoms with Crippen molar-refractivity contribution < 1.29 is 18.4 Å². The molecule has 0 radical (unpaired) electrons. The van der Waals surface area contributed by atoms with Gasteiger partial charge in [0.1, 0.15) is 5.82 Å². The van der Waals surface area contributed by atoms with E-state index >= 15 is 0 Å². The molecule has 1 aromatic heterocycles. The van der Waals surface area contributed by atoms with Gasteiger partial charge in [0, 0.05) is 24.5 Å². The smallest absolute Gasteiger partial charge is 0.271 e. The summed E-state index contributed by atoms with van der Waals surface area (Å²) in [7, 11) is -4.07. The number of aryl methyl sites for hydroxylation is 2. The second kappa shape index (κ2) is 8.64. The third-order valence-electron chi connectivity index (χ3n) is 4.65. The van der Waals surface area contributed by atoms with E-state index in [-0.39, 0.29) is 29.4 Å². The zero-order valence-corrected chi connectivity index (χ0v) is 17.4. The summed E-state index contributed by atoms with van der Waals surface area (Å²) in [5.41, 5.74) is 0.759. The van der Waals surface area contributed by atoms with Gasteiger partial charge in [0.15, 0.2) is 0 Å². The predicted octanol–water partition coefficient (Wildman–Crippen LogP) is 2.66. The van der Waals surface area contributed by atoms with E-state index in [2.05, 4.69) is 4.98 Å². The molecule has 3 rings (SSSR count). The SMILES string of the molecule is Cc1ccc(S(=O)(=O)N(C[C@@H](O)Cn2ccnc2C)c2cccc([N+](=O)[O-])c2)cc1. The van der Waals surface area contributed by atoms with Crippen LogP contribution < -0.4 is 4.31 Å². The van der Waals surface area contributed by atoms with Crippen LogP contribution in [-0.2, 0) is 16.6 Å². The molecule has 0 unspecified atom stereocenters. The zero-order chi connectivity index (χ0) is 21.9. The molecule has 10 heteroatoms. The lowest BCUT2D eigenvalue weighted by atomic mass is 10.2. The van der Waals surface area contributed by atoms with Crippen LogP contribution in [0.1, 0.15) is 11.4 Å². The van der Waals surface area contributed by atoms with E-state index in [1.54, 1.807) is 36.0 Å². The number of non-ortho nitro benzene ring substituents is 1. The standard InChI is InChI=1S/C20H22N4O5S/c1-15-6-8-20(9-7-15)30(28,29)23(17-4-3-5-18(12-17)24(26)27)14-19(25)13-22-11-10-21-16(22)2/h3-12,19,25H,13-14H2,1-2H3/t19-/m0/s1. The van der Waals surface area contributed by atoms with Crippen molar-refractivity contribution in [1.82, 2.24) is 9.55 Å². The molecule has 0 amide bonds. The molecule has 0 saturated heterocycles. The van der Waals surface area contributed by atoms with Gasteiger partial charge >= 0.3 is 0 Å². The molecule has 30 heavy (non-hydrogen) atoms. The van der Waals surface area contributed by atoms with Crippen LogP contribution in [0.4, 0.5) is 11.4 Å². The Morgan fingerprint density at radius 2 is 1.90 bits per heavy atom. The number of sulfonamides is 1. The van der Waals surface area contributed by atoms with E-state index in [0.717, 1.165) is 9.87 Å². The van der Waals surface area contributed by atoms with E-state index in [0.29, 0.717) is 5.82 Å². The van der Waals surface area contributed by atoms with E-state index < -0.39 is 21.1 Å². The lowest BCUT2D eigenvalue weighted by Gasteiger charge is -2.27. The Balaban J connectivity index is 2.00. The summed E-state index contributed by atoms with van der Waals surface area (Å²) in [5.74, 6) is 0.678. The number of aromatic nitrogens is 2. The van der Waals surface area contributed by atoms with Gasteiger partial charge in [0.2, 0.25) is 0 Å². The number of benzene rings is 2. The van der Waals surface area contributed by atoms with Crippen molar-refractivity contribution >= 4 is 21.4 Å². The topological polar surface area (TPSA) is 119 Å². The van der Waals surface area contributed by atoms with Gasteiger partial charge < -0.3 is 9.67 Å². The van der Waals surface area contributed by atoms with Gasteiger partial charge in [0.25, 0.3) is 15.7 Å². The fourth-order valence-electron chi connectivity index (χ4n) is 3.01. The Labute approximate surface area is 174 Å². The van der Waals surface area contributed by atoms with Crippen molar-refractivity contribution in [2.45, 2.75) is 31.4 Å². The van der Waals surface area contributed by atoms with Crippen LogP contribution in [0.15, 0.2) is 65.8 Å². The average Bonchev–Trinajstić information content (AvgIpc) is 3.11. The number of nitro benzene ring substituents is 1. The van der Waals surface area contributed by atoms with Crippen LogP contribution in [0.25, 0.3) is 0 Å². The highest BCUT2D eigenvalue weighted by Crippen LogP contribution is 2.27. The number of imidazole rings is 1. The number of nitro groups is 1.